The number of aromatic nitrogens is 1. The zero-order chi connectivity index (χ0) is 10.7. The van der Waals surface area contributed by atoms with Crippen LogP contribution in [0.25, 0.3) is 6.08 Å². The molecule has 2 aromatic rings. The molecular formula is C14H15N. The van der Waals surface area contributed by atoms with Crippen molar-refractivity contribution in [1.29, 1.82) is 0 Å². The van der Waals surface area contributed by atoms with Gasteiger partial charge in [-0.3, -0.25) is 0 Å². The third-order valence-corrected chi connectivity index (χ3v) is 2.76. The van der Waals surface area contributed by atoms with E-state index in [0.717, 1.165) is 5.56 Å². The molecule has 0 spiro atoms. The molecule has 0 saturated heterocycles. The Morgan fingerprint density at radius 2 is 1.93 bits per heavy atom. The van der Waals surface area contributed by atoms with E-state index in [9.17, 15) is 0 Å². The van der Waals surface area contributed by atoms with Crippen LogP contribution in [0.1, 0.15) is 29.7 Å². The molecule has 0 fully saturated rings. The van der Waals surface area contributed by atoms with E-state index in [1.165, 1.54) is 11.3 Å². The highest BCUT2D eigenvalue weighted by Crippen LogP contribution is 2.22. The average Bonchev–Trinajstić information content (AvgIpc) is 2.82. The molecule has 1 aromatic heterocycles. The van der Waals surface area contributed by atoms with Crippen LogP contribution in [0.15, 0.2) is 49.2 Å². The van der Waals surface area contributed by atoms with E-state index in [0.29, 0.717) is 5.92 Å². The summed E-state index contributed by atoms with van der Waals surface area (Å²) in [5.41, 5.74) is 3.74. The first-order valence-corrected chi connectivity index (χ1v) is 5.17. The fourth-order valence-corrected chi connectivity index (χ4v) is 1.71. The molecule has 15 heavy (non-hydrogen) atoms. The van der Waals surface area contributed by atoms with E-state index in [2.05, 4.69) is 48.8 Å². The lowest BCUT2D eigenvalue weighted by Crippen LogP contribution is -1.95. The minimum absolute atomic E-state index is 0.416. The first-order chi connectivity index (χ1) is 7.31. The predicted octanol–water partition coefficient (Wildman–Crippen LogP) is 3.81. The second-order valence-corrected chi connectivity index (χ2v) is 3.72. The summed E-state index contributed by atoms with van der Waals surface area (Å²) < 4.78 is 0. The molecule has 0 bridgehead atoms. The topological polar surface area (TPSA) is 15.8 Å². The van der Waals surface area contributed by atoms with Crippen molar-refractivity contribution in [1.82, 2.24) is 4.98 Å². The minimum Gasteiger partial charge on any atom is -0.364 e. The Labute approximate surface area is 90.5 Å². The van der Waals surface area contributed by atoms with Gasteiger partial charge in [0, 0.05) is 17.8 Å². The summed E-state index contributed by atoms with van der Waals surface area (Å²) in [4.78, 5) is 3.24. The zero-order valence-electron chi connectivity index (χ0n) is 8.90. The second-order valence-electron chi connectivity index (χ2n) is 3.72. The SMILES string of the molecule is C=Cc1ccc(C(C)c2ccc[nH]2)cc1. The fourth-order valence-electron chi connectivity index (χ4n) is 1.71. The Morgan fingerprint density at radius 1 is 1.20 bits per heavy atom. The quantitative estimate of drug-likeness (QED) is 0.770. The lowest BCUT2D eigenvalue weighted by Gasteiger charge is -2.10. The highest BCUT2D eigenvalue weighted by Gasteiger charge is 2.07. The summed E-state index contributed by atoms with van der Waals surface area (Å²) in [5.74, 6) is 0.416. The van der Waals surface area contributed by atoms with Gasteiger partial charge in [-0.2, -0.15) is 0 Å². The van der Waals surface area contributed by atoms with Crippen molar-refractivity contribution in [2.75, 3.05) is 0 Å². The molecule has 0 amide bonds. The predicted molar refractivity (Wildman–Crippen MR) is 64.8 cm³/mol. The van der Waals surface area contributed by atoms with Gasteiger partial charge in [-0.25, -0.2) is 0 Å². The number of H-pyrrole nitrogens is 1. The molecule has 0 saturated carbocycles. The molecule has 1 nitrogen and oxygen atoms in total. The van der Waals surface area contributed by atoms with E-state index in [1.807, 2.05) is 18.3 Å². The lowest BCUT2D eigenvalue weighted by molar-refractivity contribution is 0.883. The Hall–Kier alpha value is -1.76. The highest BCUT2D eigenvalue weighted by atomic mass is 14.7. The van der Waals surface area contributed by atoms with Crippen molar-refractivity contribution in [2.45, 2.75) is 12.8 Å². The molecule has 2 rings (SSSR count). The van der Waals surface area contributed by atoms with Gasteiger partial charge in [-0.15, -0.1) is 0 Å². The van der Waals surface area contributed by atoms with Gasteiger partial charge in [0.15, 0.2) is 0 Å². The van der Waals surface area contributed by atoms with Crippen LogP contribution < -0.4 is 0 Å². The standard InChI is InChI=1S/C14H15N/c1-3-12-6-8-13(9-7-12)11(2)14-5-4-10-15-14/h3-11,15H,1H2,2H3. The van der Waals surface area contributed by atoms with Gasteiger partial charge in [0.1, 0.15) is 0 Å². The second kappa shape index (κ2) is 4.18. The maximum absolute atomic E-state index is 3.75. The molecule has 0 radical (unpaired) electrons. The summed E-state index contributed by atoms with van der Waals surface area (Å²) in [6.45, 7) is 5.95. The fraction of sp³-hybridized carbons (Fsp3) is 0.143. The molecule has 1 N–H and O–H groups in total. The molecule has 1 heterocycles. The Kier molecular flexibility index (Phi) is 2.72. The molecule has 76 valence electrons. The Bertz CT molecular complexity index is 423. The van der Waals surface area contributed by atoms with Crippen LogP contribution >= 0.6 is 0 Å². The molecule has 0 aliphatic carbocycles. The van der Waals surface area contributed by atoms with Crippen molar-refractivity contribution < 1.29 is 0 Å². The maximum atomic E-state index is 3.75. The maximum Gasteiger partial charge on any atom is 0.0220 e. The highest BCUT2D eigenvalue weighted by molar-refractivity contribution is 5.48. The van der Waals surface area contributed by atoms with Crippen molar-refractivity contribution in [3.05, 3.63) is 66.0 Å². The first-order valence-electron chi connectivity index (χ1n) is 5.17. The molecular weight excluding hydrogens is 182 g/mol. The summed E-state index contributed by atoms with van der Waals surface area (Å²) in [7, 11) is 0. The van der Waals surface area contributed by atoms with E-state index < -0.39 is 0 Å². The summed E-state index contributed by atoms with van der Waals surface area (Å²) in [6.07, 6.45) is 3.83. The number of nitrogens with one attached hydrogen (secondary N) is 1. The van der Waals surface area contributed by atoms with Gasteiger partial charge < -0.3 is 4.98 Å². The number of rotatable bonds is 3. The van der Waals surface area contributed by atoms with Gasteiger partial charge in [-0.1, -0.05) is 43.8 Å². The molecule has 1 aromatic carbocycles. The number of hydrogen-bond acceptors (Lipinski definition) is 0. The van der Waals surface area contributed by atoms with Gasteiger partial charge in [0.25, 0.3) is 0 Å². The monoisotopic (exact) mass is 197 g/mol. The van der Waals surface area contributed by atoms with Crippen molar-refractivity contribution in [3.8, 4) is 0 Å². The van der Waals surface area contributed by atoms with E-state index >= 15 is 0 Å². The molecule has 1 heteroatoms. The van der Waals surface area contributed by atoms with Crippen LogP contribution in [-0.2, 0) is 0 Å². The van der Waals surface area contributed by atoms with Crippen LogP contribution in [-0.4, -0.2) is 4.98 Å². The zero-order valence-corrected chi connectivity index (χ0v) is 8.90. The van der Waals surface area contributed by atoms with Gasteiger partial charge in [0.05, 0.1) is 0 Å². The van der Waals surface area contributed by atoms with Crippen molar-refractivity contribution in [2.24, 2.45) is 0 Å². The summed E-state index contributed by atoms with van der Waals surface area (Å²) >= 11 is 0. The van der Waals surface area contributed by atoms with E-state index in [1.54, 1.807) is 0 Å². The van der Waals surface area contributed by atoms with Crippen molar-refractivity contribution in [3.63, 3.8) is 0 Å². The van der Waals surface area contributed by atoms with Gasteiger partial charge in [-0.05, 0) is 23.3 Å². The summed E-state index contributed by atoms with van der Waals surface area (Å²) in [5, 5.41) is 0. The lowest BCUT2D eigenvalue weighted by atomic mass is 9.97. The van der Waals surface area contributed by atoms with Crippen LogP contribution in [0.5, 0.6) is 0 Å². The molecule has 0 aliphatic rings. The number of benzene rings is 1. The van der Waals surface area contributed by atoms with Crippen LogP contribution in [0, 0.1) is 0 Å². The molecule has 1 unspecified atom stereocenters. The van der Waals surface area contributed by atoms with E-state index in [-0.39, 0.29) is 0 Å². The molecule has 0 aliphatic heterocycles. The molecule has 1 atom stereocenters. The first kappa shape index (κ1) is 9.78. The third kappa shape index (κ3) is 2.01. The largest absolute Gasteiger partial charge is 0.364 e. The summed E-state index contributed by atoms with van der Waals surface area (Å²) in [6, 6.07) is 12.7. The average molecular weight is 197 g/mol. The minimum atomic E-state index is 0.416. The third-order valence-electron chi connectivity index (χ3n) is 2.76. The smallest absolute Gasteiger partial charge is 0.0220 e. The van der Waals surface area contributed by atoms with Gasteiger partial charge in [0.2, 0.25) is 0 Å². The van der Waals surface area contributed by atoms with Crippen LogP contribution in [0.4, 0.5) is 0 Å². The Morgan fingerprint density at radius 3 is 2.47 bits per heavy atom. The Balaban J connectivity index is 2.26. The van der Waals surface area contributed by atoms with Crippen LogP contribution in [0.3, 0.4) is 0 Å². The normalized spacial score (nSPS) is 12.3. The number of aromatic amines is 1. The number of hydrogen-bond donors (Lipinski definition) is 1. The van der Waals surface area contributed by atoms with E-state index in [4.69, 9.17) is 0 Å². The van der Waals surface area contributed by atoms with Crippen molar-refractivity contribution >= 4 is 6.08 Å². The van der Waals surface area contributed by atoms with Crippen LogP contribution in [0.2, 0.25) is 0 Å². The van der Waals surface area contributed by atoms with Gasteiger partial charge >= 0.3 is 0 Å².